The summed E-state index contributed by atoms with van der Waals surface area (Å²) in [5, 5.41) is 0. The Bertz CT molecular complexity index is 1090. The Labute approximate surface area is 181 Å². The van der Waals surface area contributed by atoms with Gasteiger partial charge in [0.15, 0.2) is 6.61 Å². The largest absolute Gasteiger partial charge is 0.456 e. The van der Waals surface area contributed by atoms with E-state index >= 15 is 0 Å². The molecule has 1 aliphatic heterocycles. The van der Waals surface area contributed by atoms with Gasteiger partial charge in [-0.2, -0.15) is 4.31 Å². The Balaban J connectivity index is 1.71. The summed E-state index contributed by atoms with van der Waals surface area (Å²) in [4.78, 5) is 25.3. The van der Waals surface area contributed by atoms with E-state index in [-0.39, 0.29) is 18.1 Å². The van der Waals surface area contributed by atoms with Gasteiger partial charge >= 0.3 is 5.97 Å². The third-order valence-electron chi connectivity index (χ3n) is 5.44. The van der Waals surface area contributed by atoms with Crippen LogP contribution in [-0.4, -0.2) is 54.0 Å². The highest BCUT2D eigenvalue weighted by Crippen LogP contribution is 2.24. The molecule has 2 heterocycles. The highest BCUT2D eigenvalue weighted by Gasteiger charge is 2.39. The number of ether oxygens (including phenoxy) is 1. The van der Waals surface area contributed by atoms with Crippen LogP contribution in [0.1, 0.15) is 47.9 Å². The number of esters is 1. The first kappa shape index (κ1) is 23.1. The molecule has 0 aliphatic carbocycles. The van der Waals surface area contributed by atoms with Gasteiger partial charge in [0, 0.05) is 29.2 Å². The van der Waals surface area contributed by atoms with Crippen molar-refractivity contribution in [3.63, 3.8) is 0 Å². The van der Waals surface area contributed by atoms with Crippen LogP contribution >= 0.6 is 0 Å². The summed E-state index contributed by atoms with van der Waals surface area (Å²) in [5.41, 5.74) is 2.31. The smallest absolute Gasteiger partial charge is 0.324 e. The summed E-state index contributed by atoms with van der Waals surface area (Å²) in [7, 11) is -3.52. The van der Waals surface area contributed by atoms with Crippen LogP contribution < -0.4 is 0 Å². The van der Waals surface area contributed by atoms with Crippen molar-refractivity contribution >= 4 is 21.8 Å². The Hall–Kier alpha value is -2.52. The summed E-state index contributed by atoms with van der Waals surface area (Å²) < 4.78 is 46.5. The molecule has 0 radical (unpaired) electrons. The van der Waals surface area contributed by atoms with Crippen molar-refractivity contribution < 1.29 is 27.1 Å². The summed E-state index contributed by atoms with van der Waals surface area (Å²) in [6, 6.07) is 6.83. The molecule has 1 fully saturated rings. The average Bonchev–Trinajstić information content (AvgIpc) is 3.31. The average molecular weight is 451 g/mol. The molecule has 1 unspecified atom stereocenters. The number of carbonyl (C=O) groups is 2. The molecule has 1 saturated heterocycles. The van der Waals surface area contributed by atoms with Gasteiger partial charge in [0.05, 0.1) is 5.75 Å². The predicted molar refractivity (Wildman–Crippen MR) is 114 cm³/mol. The lowest BCUT2D eigenvalue weighted by molar-refractivity contribution is -0.146. The van der Waals surface area contributed by atoms with E-state index in [2.05, 4.69) is 0 Å². The number of aryl methyl sites for hydroxylation is 1. The number of carbonyl (C=O) groups excluding carboxylic acids is 2. The maximum absolute atomic E-state index is 13.6. The zero-order chi connectivity index (χ0) is 22.8. The lowest BCUT2D eigenvalue weighted by atomic mass is 10.1. The monoisotopic (exact) mass is 450 g/mol. The molecule has 0 spiro atoms. The molecule has 1 atom stereocenters. The normalized spacial score (nSPS) is 17.1. The minimum Gasteiger partial charge on any atom is -0.456 e. The SMILES string of the molecule is CCCS(=O)(=O)N1CCCC1C(=O)OCC(=O)c1cc(C)n(-c2cccc(F)c2)c1C. The summed E-state index contributed by atoms with van der Waals surface area (Å²) in [5.74, 6) is -1.51. The fourth-order valence-electron chi connectivity index (χ4n) is 4.05. The van der Waals surface area contributed by atoms with Crippen LogP contribution in [0.25, 0.3) is 5.69 Å². The number of Topliss-reactive ketones (excluding diaryl/α,β-unsaturated/α-hetero) is 1. The fraction of sp³-hybridized carbons (Fsp3) is 0.455. The number of aromatic nitrogens is 1. The molecular weight excluding hydrogens is 423 g/mol. The number of hydrogen-bond acceptors (Lipinski definition) is 5. The number of sulfonamides is 1. The van der Waals surface area contributed by atoms with Crippen molar-refractivity contribution in [1.29, 1.82) is 0 Å². The molecule has 0 amide bonds. The van der Waals surface area contributed by atoms with Crippen LogP contribution in [0, 0.1) is 19.7 Å². The molecule has 1 aromatic carbocycles. The maximum Gasteiger partial charge on any atom is 0.324 e. The minimum atomic E-state index is -3.52. The van der Waals surface area contributed by atoms with Crippen LogP contribution in [-0.2, 0) is 19.6 Å². The van der Waals surface area contributed by atoms with E-state index in [4.69, 9.17) is 4.74 Å². The van der Waals surface area contributed by atoms with Gasteiger partial charge < -0.3 is 9.30 Å². The first-order valence-corrected chi connectivity index (χ1v) is 11.9. The molecule has 3 rings (SSSR count). The topological polar surface area (TPSA) is 85.7 Å². The number of ketones is 1. The van der Waals surface area contributed by atoms with E-state index in [1.807, 2.05) is 0 Å². The second kappa shape index (κ2) is 9.32. The quantitative estimate of drug-likeness (QED) is 0.456. The van der Waals surface area contributed by atoms with E-state index in [0.717, 1.165) is 5.69 Å². The van der Waals surface area contributed by atoms with Gasteiger partial charge in [-0.1, -0.05) is 13.0 Å². The van der Waals surface area contributed by atoms with Crippen LogP contribution in [0.3, 0.4) is 0 Å². The van der Waals surface area contributed by atoms with Gasteiger partial charge in [-0.3, -0.25) is 9.59 Å². The van der Waals surface area contributed by atoms with E-state index < -0.39 is 34.4 Å². The number of halogens is 1. The maximum atomic E-state index is 13.6. The van der Waals surface area contributed by atoms with Gasteiger partial charge in [-0.15, -0.1) is 0 Å². The second-order valence-electron chi connectivity index (χ2n) is 7.72. The van der Waals surface area contributed by atoms with Crippen molar-refractivity contribution in [2.24, 2.45) is 0 Å². The van der Waals surface area contributed by atoms with Crippen molar-refractivity contribution in [1.82, 2.24) is 8.87 Å². The van der Waals surface area contributed by atoms with Crippen LogP contribution in [0.2, 0.25) is 0 Å². The van der Waals surface area contributed by atoms with Gasteiger partial charge in [0.2, 0.25) is 15.8 Å². The number of benzene rings is 1. The first-order valence-electron chi connectivity index (χ1n) is 10.3. The molecule has 9 heteroatoms. The Kier molecular flexibility index (Phi) is 6.96. The van der Waals surface area contributed by atoms with E-state index in [1.165, 1.54) is 16.4 Å². The number of nitrogens with zero attached hydrogens (tertiary/aromatic N) is 2. The highest BCUT2D eigenvalue weighted by molar-refractivity contribution is 7.89. The van der Waals surface area contributed by atoms with E-state index in [0.29, 0.717) is 36.2 Å². The van der Waals surface area contributed by atoms with Gasteiger partial charge in [-0.25, -0.2) is 12.8 Å². The van der Waals surface area contributed by atoms with Crippen LogP contribution in [0.4, 0.5) is 4.39 Å². The molecule has 7 nitrogen and oxygen atoms in total. The van der Waals surface area contributed by atoms with Crippen molar-refractivity contribution in [3.8, 4) is 5.69 Å². The van der Waals surface area contributed by atoms with Gasteiger partial charge in [-0.05, 0) is 57.4 Å². The van der Waals surface area contributed by atoms with Crippen molar-refractivity contribution in [2.45, 2.75) is 46.1 Å². The van der Waals surface area contributed by atoms with Gasteiger partial charge in [0.25, 0.3) is 0 Å². The lowest BCUT2D eigenvalue weighted by Gasteiger charge is -2.22. The van der Waals surface area contributed by atoms with Gasteiger partial charge in [0.1, 0.15) is 11.9 Å². The molecule has 0 N–H and O–H groups in total. The van der Waals surface area contributed by atoms with Crippen molar-refractivity contribution in [3.05, 3.63) is 53.1 Å². The molecule has 168 valence electrons. The molecule has 0 saturated carbocycles. The fourth-order valence-corrected chi connectivity index (χ4v) is 5.79. The molecular formula is C22H27FN2O5S. The second-order valence-corrected chi connectivity index (χ2v) is 9.76. The van der Waals surface area contributed by atoms with Crippen molar-refractivity contribution in [2.75, 3.05) is 18.9 Å². The summed E-state index contributed by atoms with van der Waals surface area (Å²) >= 11 is 0. The molecule has 1 aliphatic rings. The number of rotatable bonds is 8. The molecule has 0 bridgehead atoms. The standard InChI is InChI=1S/C22H27FN2O5S/c1-4-11-31(28,29)24-10-6-9-20(24)22(27)30-14-21(26)19-12-15(2)25(16(19)3)18-8-5-7-17(23)13-18/h5,7-8,12-13,20H,4,6,9-11,14H2,1-3H3. The highest BCUT2D eigenvalue weighted by atomic mass is 32.2. The third kappa shape index (κ3) is 4.88. The predicted octanol–water partition coefficient (Wildman–Crippen LogP) is 3.16. The molecule has 2 aromatic rings. The summed E-state index contributed by atoms with van der Waals surface area (Å²) in [6.07, 6.45) is 1.41. The first-order chi connectivity index (χ1) is 14.7. The molecule has 31 heavy (non-hydrogen) atoms. The lowest BCUT2D eigenvalue weighted by Crippen LogP contribution is -2.42. The Morgan fingerprint density at radius 3 is 2.65 bits per heavy atom. The minimum absolute atomic E-state index is 0.0260. The molecule has 1 aromatic heterocycles. The number of hydrogen-bond donors (Lipinski definition) is 0. The third-order valence-corrected chi connectivity index (χ3v) is 7.51. The summed E-state index contributed by atoms with van der Waals surface area (Å²) in [6.45, 7) is 5.11. The van der Waals surface area contributed by atoms with E-state index in [1.54, 1.807) is 43.5 Å². The zero-order valence-corrected chi connectivity index (χ0v) is 18.7. The zero-order valence-electron chi connectivity index (χ0n) is 17.9. The van der Waals surface area contributed by atoms with Crippen LogP contribution in [0.15, 0.2) is 30.3 Å². The Morgan fingerprint density at radius 1 is 1.23 bits per heavy atom. The Morgan fingerprint density at radius 2 is 1.97 bits per heavy atom. The van der Waals surface area contributed by atoms with E-state index in [9.17, 15) is 22.4 Å². The van der Waals surface area contributed by atoms with Crippen LogP contribution in [0.5, 0.6) is 0 Å².